The van der Waals surface area contributed by atoms with Gasteiger partial charge in [0.1, 0.15) is 79.0 Å². The van der Waals surface area contributed by atoms with Crippen LogP contribution in [0.15, 0.2) is 12.4 Å². The molecule has 41 heteroatoms. The fourth-order valence-corrected chi connectivity index (χ4v) is 18.0. The number of aliphatic carboxylic acids is 2. The number of nitrogens with zero attached hydrogens (tertiary/aromatic N) is 6. The number of amides is 4. The van der Waals surface area contributed by atoms with Gasteiger partial charge in [0.15, 0.2) is 48.8 Å². The number of hydrogen-bond acceptors (Lipinski definition) is 33. The third kappa shape index (κ3) is 26.3. The van der Waals surface area contributed by atoms with E-state index in [1.807, 2.05) is 13.8 Å². The van der Waals surface area contributed by atoms with Crippen LogP contribution in [-0.4, -0.2) is 345 Å². The number of ketones is 1. The van der Waals surface area contributed by atoms with E-state index in [1.165, 1.54) is 42.5 Å². The number of aliphatic hydroxyl groups is 10. The summed E-state index contributed by atoms with van der Waals surface area (Å²) in [4.78, 5) is 93.2. The Bertz CT molecular complexity index is 3560. The lowest BCUT2D eigenvalue weighted by Crippen LogP contribution is -2.67. The number of carboxylic acid groups (broad SMARTS) is 2. The van der Waals surface area contributed by atoms with Crippen LogP contribution in [0.25, 0.3) is 0 Å². The molecule has 30 atom stereocenters. The zero-order chi connectivity index (χ0) is 87.3. The van der Waals surface area contributed by atoms with E-state index in [0.717, 1.165) is 64.2 Å². The van der Waals surface area contributed by atoms with Crippen LogP contribution in [-0.2, 0) is 93.9 Å². The van der Waals surface area contributed by atoms with E-state index in [1.54, 1.807) is 6.92 Å². The molecule has 0 aromatic carbocycles. The zero-order valence-corrected chi connectivity index (χ0v) is 69.9. The molecular weight excluding hydrogens is 1600 g/mol. The van der Waals surface area contributed by atoms with E-state index in [0.29, 0.717) is 12.8 Å². The van der Waals surface area contributed by atoms with Gasteiger partial charge in [-0.2, -0.15) is 0 Å². The van der Waals surface area contributed by atoms with Crippen LogP contribution >= 0.6 is 0 Å². The maximum absolute atomic E-state index is 14.3. The Morgan fingerprint density at radius 1 is 0.504 bits per heavy atom. The minimum atomic E-state index is -1.72. The number of rotatable bonds is 43. The van der Waals surface area contributed by atoms with Gasteiger partial charge in [-0.1, -0.05) is 108 Å². The van der Waals surface area contributed by atoms with Crippen LogP contribution in [0, 0.1) is 41.4 Å². The van der Waals surface area contributed by atoms with Crippen molar-refractivity contribution in [3.63, 3.8) is 0 Å². The summed E-state index contributed by atoms with van der Waals surface area (Å²) in [7, 11) is 0. The molecule has 4 aliphatic heterocycles. The van der Waals surface area contributed by atoms with Crippen molar-refractivity contribution in [3.8, 4) is 0 Å². The lowest BCUT2D eigenvalue weighted by molar-refractivity contribution is -0.343. The van der Waals surface area contributed by atoms with E-state index in [-0.39, 0.29) is 145 Å². The number of aliphatic hydroxyl groups excluding tert-OH is 10. The van der Waals surface area contributed by atoms with Crippen LogP contribution in [0.1, 0.15) is 191 Å². The molecule has 0 radical (unpaired) electrons. The standard InChI is InChI=1S/C80H130N10O31/c1-7-46-32-48(34-53(69(46)120-79-66(101)64(99)60(95)41(4)112-79)117-78-59(84-43(6)93)71(63(98)58(39-92)119-78)115-56(76(108)109)31-45-18-13-10-14-19-45)52(94)20-15-21-81-73(104)50-36-89(87-85-50)24-26-110-28-29-111-27-25-90-37-51(86-88-90)74(105)83-23-22-82-72(103)49-33-47(8-2)70(121-80-67(102)65(100)61(96)42(5)113-80)54(35-49)116-77-40(3)68(62(97)57(38-91)118-77)114-55(75(106)107)30-44-16-11-9-12-17-44/h36-37,40-42,44-49,53-71,77-80,91-92,95-102H,7-35,38-39H2,1-6H3,(H,81,104)(H,82,103)(H,83,105)(H,84,93)(H,106,107)(H,108,109)/t40-,41+,42+,46+,47+,48-,49-,53-,54-,55+,56+,57-,58-,59-,60-,61-,62+,63+,64-,65-,66+,67+,68-,69-,70-,71-,77-,78-,79+,80+/m1/s1. The summed E-state index contributed by atoms with van der Waals surface area (Å²) in [5.74, 6) is -7.76. The average molecular weight is 1730 g/mol. The number of Topliss-reactive ketones (excluding diaryl/α,β-unsaturated/α-hetero) is 1. The summed E-state index contributed by atoms with van der Waals surface area (Å²) in [5, 5.41) is 157. The molecule has 4 saturated carbocycles. The third-order valence-electron chi connectivity index (χ3n) is 25.1. The Morgan fingerprint density at radius 2 is 0.950 bits per heavy atom. The first-order chi connectivity index (χ1) is 58.0. The predicted molar refractivity (Wildman–Crippen MR) is 416 cm³/mol. The molecule has 6 heterocycles. The Kier molecular flexibility index (Phi) is 37.6. The van der Waals surface area contributed by atoms with Gasteiger partial charge in [-0.05, 0) is 82.5 Å². The highest BCUT2D eigenvalue weighted by Gasteiger charge is 2.56. The maximum atomic E-state index is 14.3. The highest BCUT2D eigenvalue weighted by molar-refractivity contribution is 5.92. The van der Waals surface area contributed by atoms with Gasteiger partial charge < -0.3 is 139 Å². The Morgan fingerprint density at radius 3 is 1.43 bits per heavy atom. The largest absolute Gasteiger partial charge is 0.479 e. The van der Waals surface area contributed by atoms with Gasteiger partial charge in [0.05, 0.1) is 108 Å². The van der Waals surface area contributed by atoms with Gasteiger partial charge in [0.2, 0.25) is 11.8 Å². The summed E-state index contributed by atoms with van der Waals surface area (Å²) in [6.45, 7) is 9.48. The van der Waals surface area contributed by atoms with Crippen LogP contribution in [0.3, 0.4) is 0 Å². The number of nitrogens with one attached hydrogen (secondary N) is 4. The van der Waals surface area contributed by atoms with Crippen molar-refractivity contribution in [3.05, 3.63) is 23.8 Å². The van der Waals surface area contributed by atoms with Gasteiger partial charge in [0, 0.05) is 50.7 Å². The molecule has 10 rings (SSSR count). The molecule has 121 heavy (non-hydrogen) atoms. The summed E-state index contributed by atoms with van der Waals surface area (Å²) in [6, 6.07) is -1.37. The van der Waals surface area contributed by atoms with Crippen molar-refractivity contribution in [1.82, 2.24) is 51.3 Å². The number of carbonyl (C=O) groups excluding carboxylic acids is 5. The lowest BCUT2D eigenvalue weighted by Gasteiger charge is -2.49. The van der Waals surface area contributed by atoms with Crippen molar-refractivity contribution >= 4 is 41.4 Å². The molecule has 2 aromatic heterocycles. The second kappa shape index (κ2) is 46.9. The Balaban J connectivity index is 0.643. The molecule has 8 fully saturated rings. The fraction of sp³-hybridized carbons (Fsp3) is 0.863. The van der Waals surface area contributed by atoms with Crippen molar-refractivity contribution in [2.45, 2.75) is 336 Å². The van der Waals surface area contributed by atoms with Crippen molar-refractivity contribution < 1.29 is 152 Å². The highest BCUT2D eigenvalue weighted by atomic mass is 16.7. The minimum absolute atomic E-state index is 0.00236. The minimum Gasteiger partial charge on any atom is -0.479 e. The number of carboxylic acids is 2. The summed E-state index contributed by atoms with van der Waals surface area (Å²) in [6.07, 6.45) is -18.2. The maximum Gasteiger partial charge on any atom is 0.332 e. The van der Waals surface area contributed by atoms with Crippen molar-refractivity contribution in [2.75, 3.05) is 59.3 Å². The van der Waals surface area contributed by atoms with E-state index >= 15 is 0 Å². The molecule has 4 saturated heterocycles. The van der Waals surface area contributed by atoms with Gasteiger partial charge >= 0.3 is 11.9 Å². The van der Waals surface area contributed by atoms with Gasteiger partial charge in [-0.3, -0.25) is 24.0 Å². The van der Waals surface area contributed by atoms with Gasteiger partial charge in [-0.15, -0.1) is 10.2 Å². The molecule has 0 spiro atoms. The SMILES string of the molecule is CC[C@H]1C[C@@H](C(=O)NCCNC(=O)c2cn(CCOCCOCCn3cc(C(=O)NCCCC(=O)[C@@H]4C[C@H](CC)[C@@H](O[C@@H]5O[C@@H](C)[C@@H](O)[C@@H](O)[C@@H]5O)[C@H](O[C@@H]5O[C@H](CO)[C@H](O)[C@H](O[C@@H](CC6CCCCC6)C(=O)O)[C@H]5NC(C)=O)C4)nn3)nn2)C[C@@H](O[C@@H]2O[C@H](CO)[C@H](O)[C@H](O[C@@H](CC3CCCCC3)C(=O)O)[C@H]2C)[C@@H]1O[C@@H]1O[C@@H](C)[C@@H](O)[C@@H](O)[C@@H]1O. The number of ether oxygens (including phenoxy) is 12. The quantitative estimate of drug-likeness (QED) is 0.0336. The van der Waals surface area contributed by atoms with Crippen molar-refractivity contribution in [1.29, 1.82) is 0 Å². The van der Waals surface area contributed by atoms with E-state index < -0.39 is 226 Å². The molecule has 0 unspecified atom stereocenters. The van der Waals surface area contributed by atoms with Crippen molar-refractivity contribution in [2.24, 2.45) is 41.4 Å². The molecule has 686 valence electrons. The third-order valence-corrected chi connectivity index (χ3v) is 25.1. The van der Waals surface area contributed by atoms with Crippen LogP contribution in [0.5, 0.6) is 0 Å². The predicted octanol–water partition coefficient (Wildman–Crippen LogP) is -1.49. The molecule has 2 aromatic rings. The molecule has 16 N–H and O–H groups in total. The molecular formula is C80H130N10O31. The van der Waals surface area contributed by atoms with Gasteiger partial charge in [-0.25, -0.2) is 19.0 Å². The summed E-state index contributed by atoms with van der Waals surface area (Å²) in [5.41, 5.74) is 0.0227. The molecule has 4 aliphatic carbocycles. The summed E-state index contributed by atoms with van der Waals surface area (Å²) >= 11 is 0. The van der Waals surface area contributed by atoms with E-state index in [2.05, 4.69) is 41.9 Å². The highest BCUT2D eigenvalue weighted by Crippen LogP contribution is 2.44. The smallest absolute Gasteiger partial charge is 0.332 e. The lowest BCUT2D eigenvalue weighted by atomic mass is 9.74. The topological polar surface area (TPSA) is 583 Å². The van der Waals surface area contributed by atoms with Crippen LogP contribution in [0.4, 0.5) is 0 Å². The first-order valence-electron chi connectivity index (χ1n) is 43.3. The van der Waals surface area contributed by atoms with Crippen LogP contribution in [0.2, 0.25) is 0 Å². The Labute approximate surface area is 702 Å². The molecule has 8 aliphatic rings. The van der Waals surface area contributed by atoms with E-state index in [4.69, 9.17) is 56.8 Å². The first-order valence-corrected chi connectivity index (χ1v) is 43.3. The van der Waals surface area contributed by atoms with E-state index in [9.17, 15) is 94.8 Å². The molecule has 0 bridgehead atoms. The molecule has 4 amide bonds. The Hall–Kier alpha value is -6.11. The number of carbonyl (C=O) groups is 7. The first kappa shape index (κ1) is 97.1. The fourth-order valence-electron chi connectivity index (χ4n) is 18.0. The van der Waals surface area contributed by atoms with Gasteiger partial charge in [0.25, 0.3) is 11.8 Å². The summed E-state index contributed by atoms with van der Waals surface area (Å²) < 4.78 is 77.2. The number of hydrogen-bond donors (Lipinski definition) is 16. The average Bonchev–Trinajstić information content (AvgIpc) is 1.19. The number of aromatic nitrogens is 6. The zero-order valence-electron chi connectivity index (χ0n) is 69.9. The second-order valence-corrected chi connectivity index (χ2v) is 33.8. The monoisotopic (exact) mass is 1730 g/mol. The second-order valence-electron chi connectivity index (χ2n) is 33.8. The molecule has 41 nitrogen and oxygen atoms in total. The van der Waals surface area contributed by atoms with Crippen LogP contribution < -0.4 is 21.3 Å². The normalized spacial score (nSPS) is 35.7.